The lowest BCUT2D eigenvalue weighted by molar-refractivity contribution is -0.144. The summed E-state index contributed by atoms with van der Waals surface area (Å²) < 4.78 is 33.8. The SMILES string of the molecule is Cc1ncsc1-c1ccc(CNC(=O)[C@@H]2C[C@@H](O)CN2C(=O)[C@@H](NC(=O)CCOCCOCCCN2CCC(n3cc(-c4cnc(N)c(O[C@H](C)c5c(Cl)ccc(F)c5Cl)c4)cn3)CC2)C(C)(C)C)cc1. The summed E-state index contributed by atoms with van der Waals surface area (Å²) in [7, 11) is 0. The molecule has 71 heavy (non-hydrogen) atoms. The Balaban J connectivity index is 0.766. The number of aromatic nitrogens is 4. The third-order valence-electron chi connectivity index (χ3n) is 12.9. The number of carbonyl (C=O) groups is 3. The fourth-order valence-corrected chi connectivity index (χ4v) is 10.3. The molecule has 0 bridgehead atoms. The minimum Gasteiger partial charge on any atom is -0.482 e. The molecule has 5 heterocycles. The number of piperidine rings is 1. The van der Waals surface area contributed by atoms with E-state index in [1.165, 1.54) is 17.0 Å². The Kier molecular flexibility index (Phi) is 18.5. The van der Waals surface area contributed by atoms with Crippen molar-refractivity contribution in [1.29, 1.82) is 0 Å². The van der Waals surface area contributed by atoms with Crippen LogP contribution in [0.25, 0.3) is 21.6 Å². The molecule has 2 aliphatic heterocycles. The molecule has 0 radical (unpaired) electrons. The fourth-order valence-electron chi connectivity index (χ4n) is 8.86. The Morgan fingerprint density at radius 2 is 1.72 bits per heavy atom. The van der Waals surface area contributed by atoms with Gasteiger partial charge in [0.15, 0.2) is 11.6 Å². The second-order valence-corrected chi connectivity index (χ2v) is 20.8. The number of rotatable bonds is 21. The van der Waals surface area contributed by atoms with Crippen LogP contribution in [0.5, 0.6) is 5.75 Å². The predicted octanol–water partition coefficient (Wildman–Crippen LogP) is 7.80. The summed E-state index contributed by atoms with van der Waals surface area (Å²) in [4.78, 5) is 54.1. The number of pyridine rings is 1. The number of nitrogens with one attached hydrogen (secondary N) is 2. The van der Waals surface area contributed by atoms with Gasteiger partial charge in [-0.3, -0.25) is 19.1 Å². The van der Waals surface area contributed by atoms with Crippen LogP contribution in [0.15, 0.2) is 66.6 Å². The zero-order valence-electron chi connectivity index (χ0n) is 40.8. The van der Waals surface area contributed by atoms with Gasteiger partial charge in [0.2, 0.25) is 17.7 Å². The first-order chi connectivity index (χ1) is 34.0. The molecular formula is C51H64Cl2FN9O7S. The van der Waals surface area contributed by atoms with Gasteiger partial charge in [-0.2, -0.15) is 5.10 Å². The maximum Gasteiger partial charge on any atom is 0.246 e. The van der Waals surface area contributed by atoms with Crippen LogP contribution in [0, 0.1) is 18.2 Å². The van der Waals surface area contributed by atoms with Gasteiger partial charge in [0, 0.05) is 86.3 Å². The molecule has 20 heteroatoms. The maximum absolute atomic E-state index is 14.2. The van der Waals surface area contributed by atoms with Gasteiger partial charge >= 0.3 is 0 Å². The first-order valence-corrected chi connectivity index (χ1v) is 25.6. The molecule has 5 aromatic rings. The number of benzene rings is 2. The number of nitrogen functional groups attached to an aromatic ring is 1. The van der Waals surface area contributed by atoms with Crippen LogP contribution in [0.1, 0.15) is 88.8 Å². The molecule has 16 nitrogen and oxygen atoms in total. The highest BCUT2D eigenvalue weighted by atomic mass is 35.5. The van der Waals surface area contributed by atoms with Crippen molar-refractivity contribution >= 4 is 58.1 Å². The van der Waals surface area contributed by atoms with Crippen molar-refractivity contribution < 1.29 is 38.1 Å². The number of aliphatic hydroxyl groups is 1. The standard InChI is InChI=1S/C51H64Cl2FN9O7S/c1-31-46(71-30-58-31)34-9-7-33(8-10-34)25-57-49(66)41-24-38(64)29-62(41)50(67)47(51(3,4)5)60-43(65)15-20-69-22-21-68-19-6-16-61-17-13-37(14-18-61)63-28-36(27-59-63)35-23-42(48(55)56-26-35)70-32(2)44-39(52)11-12-40(54)45(44)53/h7-12,23,26-28,30,32,37-38,41,47,64H,6,13-22,24-25,29H2,1-5H3,(H2,55,56)(H,57,66)(H,60,65)/t32-,38-,41+,47-/m1/s1. The Labute approximate surface area is 428 Å². The molecule has 2 fully saturated rings. The Morgan fingerprint density at radius 1 is 0.986 bits per heavy atom. The van der Waals surface area contributed by atoms with Gasteiger partial charge < -0.3 is 45.5 Å². The molecule has 2 saturated heterocycles. The van der Waals surface area contributed by atoms with E-state index in [-0.39, 0.29) is 66.3 Å². The van der Waals surface area contributed by atoms with Crippen molar-refractivity contribution in [3.05, 3.63) is 99.2 Å². The van der Waals surface area contributed by atoms with Crippen LogP contribution in [-0.2, 0) is 30.4 Å². The van der Waals surface area contributed by atoms with E-state index >= 15 is 0 Å². The number of carbonyl (C=O) groups excluding carboxylic acids is 3. The topological polar surface area (TPSA) is 199 Å². The quantitative estimate of drug-likeness (QED) is 0.0412. The zero-order valence-corrected chi connectivity index (χ0v) is 43.2. The highest BCUT2D eigenvalue weighted by Crippen LogP contribution is 2.37. The van der Waals surface area contributed by atoms with Crippen molar-refractivity contribution in [2.75, 3.05) is 58.3 Å². The highest BCUT2D eigenvalue weighted by molar-refractivity contribution is 7.13. The molecule has 7 rings (SSSR count). The monoisotopic (exact) mass is 1040 g/mol. The Bertz CT molecular complexity index is 2600. The molecular weight excluding hydrogens is 973 g/mol. The summed E-state index contributed by atoms with van der Waals surface area (Å²) in [6.45, 7) is 13.7. The van der Waals surface area contributed by atoms with E-state index in [0.717, 1.165) is 71.7 Å². The van der Waals surface area contributed by atoms with Gasteiger partial charge in [-0.05, 0) is 67.9 Å². The molecule has 2 aromatic carbocycles. The van der Waals surface area contributed by atoms with Gasteiger partial charge in [-0.15, -0.1) is 11.3 Å². The molecule has 3 amide bonds. The zero-order chi connectivity index (χ0) is 50.8. The van der Waals surface area contributed by atoms with Crippen molar-refractivity contribution in [2.45, 2.75) is 104 Å². The number of aryl methyl sites for hydroxylation is 1. The summed E-state index contributed by atoms with van der Waals surface area (Å²) in [6.07, 6.45) is 6.82. The number of amides is 3. The normalized spacial score (nSPS) is 17.6. The van der Waals surface area contributed by atoms with E-state index in [1.54, 1.807) is 36.7 Å². The number of thiazole rings is 1. The van der Waals surface area contributed by atoms with E-state index in [0.29, 0.717) is 31.1 Å². The van der Waals surface area contributed by atoms with Crippen molar-refractivity contribution in [3.8, 4) is 27.3 Å². The number of anilines is 1. The summed E-state index contributed by atoms with van der Waals surface area (Å²) in [5, 5.41) is 21.2. The van der Waals surface area contributed by atoms with E-state index in [2.05, 4.69) is 30.6 Å². The largest absolute Gasteiger partial charge is 0.482 e. The first-order valence-electron chi connectivity index (χ1n) is 24.0. The number of nitrogens with two attached hydrogens (primary N) is 1. The van der Waals surface area contributed by atoms with Gasteiger partial charge in [-0.1, -0.05) is 68.2 Å². The predicted molar refractivity (Wildman–Crippen MR) is 273 cm³/mol. The molecule has 5 N–H and O–H groups in total. The minimum atomic E-state index is -0.923. The summed E-state index contributed by atoms with van der Waals surface area (Å²) in [6, 6.07) is 10.8. The Hall–Kier alpha value is -5.21. The number of nitrogens with zero attached hydrogens (tertiary/aromatic N) is 6. The lowest BCUT2D eigenvalue weighted by Crippen LogP contribution is -2.57. The Morgan fingerprint density at radius 3 is 2.42 bits per heavy atom. The smallest absolute Gasteiger partial charge is 0.246 e. The molecule has 0 saturated carbocycles. The maximum atomic E-state index is 14.2. The number of β-amino-alcohol motifs (C(OH)–C–C–N with tert-alkyl or cyclic N) is 1. The average molecular weight is 1040 g/mol. The molecule has 0 unspecified atom stereocenters. The van der Waals surface area contributed by atoms with Gasteiger partial charge in [-0.25, -0.2) is 14.4 Å². The number of halogens is 3. The number of hydrogen-bond acceptors (Lipinski definition) is 13. The van der Waals surface area contributed by atoms with E-state index in [9.17, 15) is 23.9 Å². The second-order valence-electron chi connectivity index (χ2n) is 19.2. The first kappa shape index (κ1) is 53.6. The van der Waals surface area contributed by atoms with E-state index in [4.69, 9.17) is 43.1 Å². The number of ether oxygens (including phenoxy) is 3. The summed E-state index contributed by atoms with van der Waals surface area (Å²) >= 11 is 14.1. The van der Waals surface area contributed by atoms with Gasteiger partial charge in [0.1, 0.15) is 24.0 Å². The molecule has 2 aliphatic rings. The molecule has 4 atom stereocenters. The summed E-state index contributed by atoms with van der Waals surface area (Å²) in [5.74, 6) is -1.21. The lowest BCUT2D eigenvalue weighted by Gasteiger charge is -2.35. The van der Waals surface area contributed by atoms with Gasteiger partial charge in [0.25, 0.3) is 0 Å². The third-order valence-corrected chi connectivity index (χ3v) is 14.5. The summed E-state index contributed by atoms with van der Waals surface area (Å²) in [5.41, 5.74) is 12.2. The van der Waals surface area contributed by atoms with Gasteiger partial charge in [0.05, 0.1) is 59.3 Å². The average Bonchev–Trinajstić information content (AvgIpc) is 4.12. The number of likely N-dealkylation sites (tertiary alicyclic amines) is 2. The van der Waals surface area contributed by atoms with Crippen LogP contribution < -0.4 is 21.1 Å². The van der Waals surface area contributed by atoms with Crippen molar-refractivity contribution in [3.63, 3.8) is 0 Å². The highest BCUT2D eigenvalue weighted by Gasteiger charge is 2.44. The number of hydrogen-bond donors (Lipinski definition) is 4. The third kappa shape index (κ3) is 14.1. The molecule has 0 aliphatic carbocycles. The fraction of sp³-hybridized carbons (Fsp3) is 0.490. The van der Waals surface area contributed by atoms with Crippen LogP contribution in [0.4, 0.5) is 10.2 Å². The second kappa shape index (κ2) is 24.5. The number of aliphatic hydroxyl groups excluding tert-OH is 1. The minimum absolute atomic E-state index is 0.00174. The van der Waals surface area contributed by atoms with E-state index in [1.807, 2.05) is 68.3 Å². The van der Waals surface area contributed by atoms with Crippen LogP contribution >= 0.6 is 34.5 Å². The van der Waals surface area contributed by atoms with Crippen LogP contribution in [0.2, 0.25) is 10.0 Å². The molecule has 3 aromatic heterocycles. The van der Waals surface area contributed by atoms with Crippen LogP contribution in [-0.4, -0.2) is 123 Å². The van der Waals surface area contributed by atoms with Crippen molar-refractivity contribution in [2.24, 2.45) is 5.41 Å². The van der Waals surface area contributed by atoms with Crippen molar-refractivity contribution in [1.82, 2.24) is 40.2 Å². The molecule has 0 spiro atoms. The lowest BCUT2D eigenvalue weighted by atomic mass is 9.85. The van der Waals surface area contributed by atoms with Crippen LogP contribution in [0.3, 0.4) is 0 Å². The van der Waals surface area contributed by atoms with E-state index < -0.39 is 41.4 Å². The molecule has 382 valence electrons.